The fraction of sp³-hybridized carbons (Fsp3) is 1.00. The smallest absolute Gasteiger partial charge is 0.114 e. The predicted molar refractivity (Wildman–Crippen MR) is 48.3 cm³/mol. The van der Waals surface area contributed by atoms with Gasteiger partial charge in [0.15, 0.2) is 0 Å². The van der Waals surface area contributed by atoms with Crippen LogP contribution in [0.15, 0.2) is 0 Å². The summed E-state index contributed by atoms with van der Waals surface area (Å²) in [6, 6.07) is 0. The van der Waals surface area contributed by atoms with E-state index in [1.54, 1.807) is 0 Å². The van der Waals surface area contributed by atoms with Crippen molar-refractivity contribution in [3.8, 4) is 0 Å². The molecule has 4 heteroatoms. The topological polar surface area (TPSA) is 38.5 Å². The fourth-order valence-electron chi connectivity index (χ4n) is 2.12. The molecule has 0 aromatic carbocycles. The van der Waals surface area contributed by atoms with Crippen LogP contribution in [-0.4, -0.2) is 49.5 Å². The third-order valence-electron chi connectivity index (χ3n) is 2.89. The Morgan fingerprint density at radius 3 is 3.00 bits per heavy atom. The van der Waals surface area contributed by atoms with E-state index in [9.17, 15) is 4.39 Å². The molecule has 0 spiro atoms. The Morgan fingerprint density at radius 2 is 2.46 bits per heavy atom. The Hall–Kier alpha value is -0.190. The van der Waals surface area contributed by atoms with Crippen molar-refractivity contribution in [3.05, 3.63) is 0 Å². The minimum atomic E-state index is -0.647. The van der Waals surface area contributed by atoms with Crippen LogP contribution in [-0.2, 0) is 4.74 Å². The Balaban J connectivity index is 1.83. The van der Waals surface area contributed by atoms with Gasteiger partial charge in [0, 0.05) is 26.2 Å². The maximum atomic E-state index is 12.9. The molecule has 13 heavy (non-hydrogen) atoms. The van der Waals surface area contributed by atoms with Crippen molar-refractivity contribution in [2.24, 2.45) is 5.73 Å². The van der Waals surface area contributed by atoms with E-state index >= 15 is 0 Å². The molecule has 0 aromatic rings. The molecule has 2 aliphatic heterocycles. The third kappa shape index (κ3) is 2.18. The van der Waals surface area contributed by atoms with Gasteiger partial charge in [-0.3, -0.25) is 4.90 Å². The number of ether oxygens (including phenoxy) is 1. The highest BCUT2D eigenvalue weighted by atomic mass is 19.1. The highest BCUT2D eigenvalue weighted by Crippen LogP contribution is 2.20. The van der Waals surface area contributed by atoms with Gasteiger partial charge < -0.3 is 10.5 Å². The van der Waals surface area contributed by atoms with Crippen molar-refractivity contribution in [1.29, 1.82) is 0 Å². The Labute approximate surface area is 78.0 Å². The quantitative estimate of drug-likeness (QED) is 0.670. The number of likely N-dealkylation sites (tertiary alicyclic amines) is 1. The van der Waals surface area contributed by atoms with Gasteiger partial charge in [-0.1, -0.05) is 0 Å². The second-order valence-electron chi connectivity index (χ2n) is 4.29. The molecule has 0 aliphatic carbocycles. The van der Waals surface area contributed by atoms with Gasteiger partial charge in [-0.25, -0.2) is 4.39 Å². The Morgan fingerprint density at radius 1 is 1.62 bits per heavy atom. The summed E-state index contributed by atoms with van der Waals surface area (Å²) in [4.78, 5) is 2.11. The van der Waals surface area contributed by atoms with E-state index in [2.05, 4.69) is 4.90 Å². The number of rotatable bonds is 2. The van der Waals surface area contributed by atoms with Crippen LogP contribution in [0.5, 0.6) is 0 Å². The van der Waals surface area contributed by atoms with E-state index in [0.717, 1.165) is 26.1 Å². The SMILES string of the molecule is NC1(CN2CCC(F)C2)CCOC1. The van der Waals surface area contributed by atoms with E-state index in [1.807, 2.05) is 0 Å². The number of hydrogen-bond donors (Lipinski definition) is 1. The zero-order valence-corrected chi connectivity index (χ0v) is 7.84. The van der Waals surface area contributed by atoms with E-state index < -0.39 is 6.17 Å². The van der Waals surface area contributed by atoms with E-state index in [-0.39, 0.29) is 5.54 Å². The molecule has 0 saturated carbocycles. The summed E-state index contributed by atoms with van der Waals surface area (Å²) in [5, 5.41) is 0. The molecule has 0 radical (unpaired) electrons. The summed E-state index contributed by atoms with van der Waals surface area (Å²) >= 11 is 0. The lowest BCUT2D eigenvalue weighted by atomic mass is 10.00. The largest absolute Gasteiger partial charge is 0.379 e. The van der Waals surface area contributed by atoms with Crippen LogP contribution in [0.3, 0.4) is 0 Å². The zero-order valence-electron chi connectivity index (χ0n) is 7.84. The van der Waals surface area contributed by atoms with Gasteiger partial charge in [0.05, 0.1) is 12.1 Å². The van der Waals surface area contributed by atoms with Crippen molar-refractivity contribution in [3.63, 3.8) is 0 Å². The fourth-order valence-corrected chi connectivity index (χ4v) is 2.12. The molecule has 3 nitrogen and oxygen atoms in total. The maximum absolute atomic E-state index is 12.9. The Kier molecular flexibility index (Phi) is 2.53. The van der Waals surface area contributed by atoms with Crippen LogP contribution in [0.1, 0.15) is 12.8 Å². The van der Waals surface area contributed by atoms with Crippen LogP contribution >= 0.6 is 0 Å². The molecule has 0 bridgehead atoms. The average Bonchev–Trinajstić information content (AvgIpc) is 2.62. The minimum Gasteiger partial charge on any atom is -0.379 e. The molecule has 2 N–H and O–H groups in total. The molecule has 2 heterocycles. The lowest BCUT2D eigenvalue weighted by Crippen LogP contribution is -2.50. The molecule has 76 valence electrons. The molecule has 0 amide bonds. The molecular weight excluding hydrogens is 171 g/mol. The van der Waals surface area contributed by atoms with Gasteiger partial charge in [0.25, 0.3) is 0 Å². The van der Waals surface area contributed by atoms with Gasteiger partial charge in [0.1, 0.15) is 6.17 Å². The molecule has 2 unspecified atom stereocenters. The monoisotopic (exact) mass is 188 g/mol. The summed E-state index contributed by atoms with van der Waals surface area (Å²) in [6.45, 7) is 3.57. The maximum Gasteiger partial charge on any atom is 0.114 e. The molecular formula is C9H17FN2O. The molecule has 2 rings (SSSR count). The molecule has 2 fully saturated rings. The number of nitrogens with two attached hydrogens (primary N) is 1. The predicted octanol–water partition coefficient (Wildman–Crippen LogP) is 0.148. The summed E-state index contributed by atoms with van der Waals surface area (Å²) in [5.74, 6) is 0. The van der Waals surface area contributed by atoms with E-state index in [0.29, 0.717) is 19.6 Å². The second kappa shape index (κ2) is 3.52. The normalized spacial score (nSPS) is 41.5. The van der Waals surface area contributed by atoms with Gasteiger partial charge in [-0.15, -0.1) is 0 Å². The minimum absolute atomic E-state index is 0.218. The van der Waals surface area contributed by atoms with Gasteiger partial charge in [-0.2, -0.15) is 0 Å². The van der Waals surface area contributed by atoms with Crippen LogP contribution in [0.25, 0.3) is 0 Å². The van der Waals surface area contributed by atoms with Crippen LogP contribution in [0.4, 0.5) is 4.39 Å². The lowest BCUT2D eigenvalue weighted by molar-refractivity contribution is 0.158. The molecule has 2 aliphatic rings. The summed E-state index contributed by atoms with van der Waals surface area (Å²) in [6.07, 6.45) is 0.920. The first-order chi connectivity index (χ1) is 6.18. The highest BCUT2D eigenvalue weighted by molar-refractivity contribution is 4.92. The van der Waals surface area contributed by atoms with Crippen LogP contribution in [0.2, 0.25) is 0 Å². The van der Waals surface area contributed by atoms with Gasteiger partial charge in [0.2, 0.25) is 0 Å². The summed E-state index contributed by atoms with van der Waals surface area (Å²) in [7, 11) is 0. The van der Waals surface area contributed by atoms with Crippen molar-refractivity contribution in [2.75, 3.05) is 32.8 Å². The lowest BCUT2D eigenvalue weighted by Gasteiger charge is -2.27. The average molecular weight is 188 g/mol. The van der Waals surface area contributed by atoms with Crippen molar-refractivity contribution >= 4 is 0 Å². The number of nitrogens with zero attached hydrogens (tertiary/aromatic N) is 1. The standard InChI is InChI=1S/C9H17FN2O/c10-8-1-3-12(5-8)6-9(11)2-4-13-7-9/h8H,1-7,11H2. The summed E-state index contributed by atoms with van der Waals surface area (Å²) in [5.41, 5.74) is 5.88. The number of halogens is 1. The van der Waals surface area contributed by atoms with Crippen molar-refractivity contribution in [1.82, 2.24) is 4.90 Å². The van der Waals surface area contributed by atoms with E-state index in [1.165, 1.54) is 0 Å². The van der Waals surface area contributed by atoms with Crippen molar-refractivity contribution in [2.45, 2.75) is 24.6 Å². The number of alkyl halides is 1. The number of hydrogen-bond acceptors (Lipinski definition) is 3. The van der Waals surface area contributed by atoms with Crippen LogP contribution < -0.4 is 5.73 Å². The van der Waals surface area contributed by atoms with Gasteiger partial charge >= 0.3 is 0 Å². The molecule has 0 aromatic heterocycles. The third-order valence-corrected chi connectivity index (χ3v) is 2.89. The van der Waals surface area contributed by atoms with Gasteiger partial charge in [-0.05, 0) is 12.8 Å². The van der Waals surface area contributed by atoms with Crippen molar-refractivity contribution < 1.29 is 9.13 Å². The summed E-state index contributed by atoms with van der Waals surface area (Å²) < 4.78 is 18.1. The highest BCUT2D eigenvalue weighted by Gasteiger charge is 2.34. The second-order valence-corrected chi connectivity index (χ2v) is 4.29. The molecule has 2 atom stereocenters. The van der Waals surface area contributed by atoms with E-state index in [4.69, 9.17) is 10.5 Å². The first-order valence-corrected chi connectivity index (χ1v) is 4.91. The first-order valence-electron chi connectivity index (χ1n) is 4.91. The zero-order chi connectivity index (χ0) is 9.31. The molecule has 2 saturated heterocycles. The van der Waals surface area contributed by atoms with Crippen LogP contribution in [0, 0.1) is 0 Å². The first kappa shape index (κ1) is 9.37. The Bertz CT molecular complexity index is 182.